The number of carbonyl (C=O) groups is 2. The molecule has 2 heterocycles. The van der Waals surface area contributed by atoms with Crippen LogP contribution in [0.1, 0.15) is 62.6 Å². The third kappa shape index (κ3) is 5.34. The SMILES string of the molecule is CCC(C)OC(=O)NC1CCC(c2cc(NC(=O)Cc3cc(C)on3)n[nH]2)C1. The minimum atomic E-state index is -0.361. The number of amides is 2. The monoisotopic (exact) mass is 389 g/mol. The molecule has 0 aliphatic heterocycles. The van der Waals surface area contributed by atoms with Gasteiger partial charge in [0.05, 0.1) is 12.1 Å². The van der Waals surface area contributed by atoms with Gasteiger partial charge in [0.15, 0.2) is 5.82 Å². The standard InChI is InChI=1S/C19H27N5O4/c1-4-11(2)27-19(26)20-14-6-5-13(8-14)16-10-17(23-22-16)21-18(25)9-15-7-12(3)28-24-15/h7,10-11,13-14H,4-6,8-9H2,1-3H3,(H,20,26)(H2,21,22,23,25). The zero-order valence-corrected chi connectivity index (χ0v) is 16.4. The molecule has 0 radical (unpaired) electrons. The van der Waals surface area contributed by atoms with Gasteiger partial charge in [-0.2, -0.15) is 5.10 Å². The fourth-order valence-electron chi connectivity index (χ4n) is 3.32. The van der Waals surface area contributed by atoms with E-state index in [-0.39, 0.29) is 36.5 Å². The minimum Gasteiger partial charge on any atom is -0.447 e. The molecule has 2 aromatic rings. The Hall–Kier alpha value is -2.84. The maximum Gasteiger partial charge on any atom is 0.407 e. The lowest BCUT2D eigenvalue weighted by Crippen LogP contribution is -2.35. The molecule has 1 fully saturated rings. The molecule has 3 unspecified atom stereocenters. The lowest BCUT2D eigenvalue weighted by Gasteiger charge is -2.16. The van der Waals surface area contributed by atoms with Gasteiger partial charge in [-0.1, -0.05) is 12.1 Å². The molecule has 0 saturated heterocycles. The number of aromatic nitrogens is 3. The van der Waals surface area contributed by atoms with Crippen LogP contribution >= 0.6 is 0 Å². The van der Waals surface area contributed by atoms with Crippen LogP contribution in [-0.2, 0) is 16.0 Å². The summed E-state index contributed by atoms with van der Waals surface area (Å²) in [4.78, 5) is 24.0. The van der Waals surface area contributed by atoms with Gasteiger partial charge in [0, 0.05) is 29.8 Å². The zero-order chi connectivity index (χ0) is 20.1. The Morgan fingerprint density at radius 3 is 2.93 bits per heavy atom. The summed E-state index contributed by atoms with van der Waals surface area (Å²) < 4.78 is 10.2. The van der Waals surface area contributed by atoms with Crippen molar-refractivity contribution in [1.82, 2.24) is 20.7 Å². The van der Waals surface area contributed by atoms with E-state index in [1.807, 2.05) is 19.9 Å². The molecule has 152 valence electrons. The summed E-state index contributed by atoms with van der Waals surface area (Å²) in [6.07, 6.45) is 3.10. The van der Waals surface area contributed by atoms with Gasteiger partial charge in [-0.25, -0.2) is 4.79 Å². The molecule has 1 aliphatic carbocycles. The van der Waals surface area contributed by atoms with Crippen LogP contribution in [0.15, 0.2) is 16.7 Å². The van der Waals surface area contributed by atoms with Crippen LogP contribution in [0.25, 0.3) is 0 Å². The molecule has 0 aromatic carbocycles. The van der Waals surface area contributed by atoms with Crippen LogP contribution in [0.5, 0.6) is 0 Å². The molecule has 3 N–H and O–H groups in total. The summed E-state index contributed by atoms with van der Waals surface area (Å²) in [7, 11) is 0. The molecule has 1 aliphatic rings. The highest BCUT2D eigenvalue weighted by Crippen LogP contribution is 2.34. The van der Waals surface area contributed by atoms with Gasteiger partial charge in [-0.3, -0.25) is 9.89 Å². The number of rotatable bonds is 7. The lowest BCUT2D eigenvalue weighted by atomic mass is 10.0. The number of aryl methyl sites for hydroxylation is 1. The first-order valence-electron chi connectivity index (χ1n) is 9.67. The largest absolute Gasteiger partial charge is 0.447 e. The van der Waals surface area contributed by atoms with Crippen LogP contribution in [0.3, 0.4) is 0 Å². The van der Waals surface area contributed by atoms with E-state index < -0.39 is 0 Å². The van der Waals surface area contributed by atoms with E-state index in [1.54, 1.807) is 13.0 Å². The first-order chi connectivity index (χ1) is 13.4. The van der Waals surface area contributed by atoms with Gasteiger partial charge in [0.1, 0.15) is 11.9 Å². The van der Waals surface area contributed by atoms with E-state index >= 15 is 0 Å². The highest BCUT2D eigenvalue weighted by Gasteiger charge is 2.29. The van der Waals surface area contributed by atoms with Crippen molar-refractivity contribution in [3.63, 3.8) is 0 Å². The molecular weight excluding hydrogens is 362 g/mol. The summed E-state index contributed by atoms with van der Waals surface area (Å²) in [5.41, 5.74) is 1.53. The molecule has 2 aromatic heterocycles. The average molecular weight is 389 g/mol. The Morgan fingerprint density at radius 2 is 2.21 bits per heavy atom. The lowest BCUT2D eigenvalue weighted by molar-refractivity contribution is -0.115. The average Bonchev–Trinajstić information content (AvgIpc) is 3.36. The molecule has 1 saturated carbocycles. The fraction of sp³-hybridized carbons (Fsp3) is 0.579. The third-order valence-corrected chi connectivity index (χ3v) is 4.96. The second kappa shape index (κ2) is 8.90. The molecule has 0 bridgehead atoms. The van der Waals surface area contributed by atoms with E-state index in [9.17, 15) is 9.59 Å². The van der Waals surface area contributed by atoms with Crippen molar-refractivity contribution in [3.8, 4) is 0 Å². The highest BCUT2D eigenvalue weighted by atomic mass is 16.6. The fourth-order valence-corrected chi connectivity index (χ4v) is 3.32. The molecule has 28 heavy (non-hydrogen) atoms. The molecule has 2 amide bonds. The minimum absolute atomic E-state index is 0.0818. The van der Waals surface area contributed by atoms with E-state index in [0.29, 0.717) is 17.3 Å². The van der Waals surface area contributed by atoms with Crippen LogP contribution in [0.4, 0.5) is 10.6 Å². The summed E-state index contributed by atoms with van der Waals surface area (Å²) in [6.45, 7) is 5.63. The third-order valence-electron chi connectivity index (χ3n) is 4.96. The van der Waals surface area contributed by atoms with Crippen molar-refractivity contribution in [2.75, 3.05) is 5.32 Å². The number of carbonyl (C=O) groups excluding carboxylic acids is 2. The van der Waals surface area contributed by atoms with Gasteiger partial charge in [0.2, 0.25) is 5.91 Å². The predicted molar refractivity (Wildman–Crippen MR) is 102 cm³/mol. The number of hydrogen-bond donors (Lipinski definition) is 3. The second-order valence-electron chi connectivity index (χ2n) is 7.34. The van der Waals surface area contributed by atoms with Crippen molar-refractivity contribution < 1.29 is 18.8 Å². The number of nitrogens with one attached hydrogen (secondary N) is 3. The number of aromatic amines is 1. The van der Waals surface area contributed by atoms with Gasteiger partial charge >= 0.3 is 6.09 Å². The maximum absolute atomic E-state index is 12.1. The van der Waals surface area contributed by atoms with Crippen molar-refractivity contribution >= 4 is 17.8 Å². The number of alkyl carbamates (subject to hydrolysis) is 1. The molecule has 3 rings (SSSR count). The summed E-state index contributed by atoms with van der Waals surface area (Å²) >= 11 is 0. The highest BCUT2D eigenvalue weighted by molar-refractivity contribution is 5.91. The van der Waals surface area contributed by atoms with Gasteiger partial charge in [-0.15, -0.1) is 0 Å². The van der Waals surface area contributed by atoms with Crippen molar-refractivity contribution in [2.24, 2.45) is 0 Å². The molecule has 9 heteroatoms. The Balaban J connectivity index is 1.47. The number of ether oxygens (including phenoxy) is 1. The molecule has 3 atom stereocenters. The number of H-pyrrole nitrogens is 1. The maximum atomic E-state index is 12.1. The van der Waals surface area contributed by atoms with Crippen LogP contribution < -0.4 is 10.6 Å². The molecule has 0 spiro atoms. The Kier molecular flexibility index (Phi) is 6.33. The Bertz CT molecular complexity index is 815. The van der Waals surface area contributed by atoms with E-state index in [2.05, 4.69) is 26.0 Å². The number of nitrogens with zero attached hydrogens (tertiary/aromatic N) is 2. The zero-order valence-electron chi connectivity index (χ0n) is 16.4. The van der Waals surface area contributed by atoms with E-state index in [4.69, 9.17) is 9.26 Å². The quantitative estimate of drug-likeness (QED) is 0.669. The van der Waals surface area contributed by atoms with Crippen LogP contribution in [0.2, 0.25) is 0 Å². The van der Waals surface area contributed by atoms with E-state index in [1.165, 1.54) is 0 Å². The Morgan fingerprint density at radius 1 is 1.39 bits per heavy atom. The summed E-state index contributed by atoms with van der Waals surface area (Å²) in [6, 6.07) is 3.66. The number of anilines is 1. The van der Waals surface area contributed by atoms with Gasteiger partial charge in [-0.05, 0) is 39.5 Å². The molecular formula is C19H27N5O4. The summed E-state index contributed by atoms with van der Waals surface area (Å²) in [5.74, 6) is 1.20. The predicted octanol–water partition coefficient (Wildman–Crippen LogP) is 3.05. The smallest absolute Gasteiger partial charge is 0.407 e. The Labute approximate surface area is 163 Å². The first-order valence-corrected chi connectivity index (χ1v) is 9.67. The van der Waals surface area contributed by atoms with Crippen molar-refractivity contribution in [3.05, 3.63) is 29.3 Å². The topological polar surface area (TPSA) is 122 Å². The second-order valence-corrected chi connectivity index (χ2v) is 7.34. The normalized spacial score (nSPS) is 20.0. The van der Waals surface area contributed by atoms with Crippen molar-refractivity contribution in [1.29, 1.82) is 0 Å². The van der Waals surface area contributed by atoms with Crippen molar-refractivity contribution in [2.45, 2.75) is 70.9 Å². The molecule has 9 nitrogen and oxygen atoms in total. The first kappa shape index (κ1) is 19.9. The van der Waals surface area contributed by atoms with Crippen LogP contribution in [-0.4, -0.2) is 39.5 Å². The van der Waals surface area contributed by atoms with Crippen LogP contribution in [0, 0.1) is 6.92 Å². The summed E-state index contributed by atoms with van der Waals surface area (Å²) in [5, 5.41) is 16.7. The number of hydrogen-bond acceptors (Lipinski definition) is 6. The van der Waals surface area contributed by atoms with Gasteiger partial charge in [0.25, 0.3) is 0 Å². The van der Waals surface area contributed by atoms with Gasteiger partial charge < -0.3 is 19.9 Å². The van der Waals surface area contributed by atoms with E-state index in [0.717, 1.165) is 31.4 Å².